The molecule has 0 spiro atoms. The van der Waals surface area contributed by atoms with E-state index in [0.29, 0.717) is 11.4 Å². The van der Waals surface area contributed by atoms with Gasteiger partial charge >= 0.3 is 0 Å². The summed E-state index contributed by atoms with van der Waals surface area (Å²) in [7, 11) is 0. The predicted octanol–water partition coefficient (Wildman–Crippen LogP) is 2.99. The van der Waals surface area contributed by atoms with Crippen molar-refractivity contribution in [2.75, 3.05) is 0 Å². The van der Waals surface area contributed by atoms with Gasteiger partial charge in [0.1, 0.15) is 5.75 Å². The molecule has 2 aromatic rings. The van der Waals surface area contributed by atoms with E-state index in [-0.39, 0.29) is 0 Å². The minimum absolute atomic E-state index is 0.495. The lowest BCUT2D eigenvalue weighted by atomic mass is 10.2. The summed E-state index contributed by atoms with van der Waals surface area (Å²) < 4.78 is 5.53. The van der Waals surface area contributed by atoms with Crippen LogP contribution < -0.4 is 4.74 Å². The fraction of sp³-hybridized carbons (Fsp3) is 0.0769. The van der Waals surface area contributed by atoms with Gasteiger partial charge in [-0.2, -0.15) is 0 Å². The first-order valence-electron chi connectivity index (χ1n) is 4.94. The molecule has 16 heavy (non-hydrogen) atoms. The molecule has 0 fully saturated rings. The number of carbonyl (C=O) groups excluding carboxylic acids is 1. The number of carbonyl (C=O) groups is 1. The molecule has 0 amide bonds. The molecule has 0 aliphatic carbocycles. The average Bonchev–Trinajstić information content (AvgIpc) is 2.31. The van der Waals surface area contributed by atoms with Crippen LogP contribution in [0.25, 0.3) is 0 Å². The van der Waals surface area contributed by atoms with E-state index in [9.17, 15) is 4.79 Å². The molecule has 0 bridgehead atoms. The zero-order chi connectivity index (χ0) is 11.4. The van der Waals surface area contributed by atoms with E-state index in [4.69, 9.17) is 4.74 Å². The van der Waals surface area contributed by atoms with Crippen LogP contribution in [0.1, 0.15) is 15.9 Å². The number of nitrogens with zero attached hydrogens (tertiary/aromatic N) is 1. The summed E-state index contributed by atoms with van der Waals surface area (Å²) in [6, 6.07) is 11.1. The zero-order valence-electron chi connectivity index (χ0n) is 8.88. The SMILES string of the molecule is Cc1cc(Oc2ccccc2)ncc1C=O. The van der Waals surface area contributed by atoms with Crippen molar-refractivity contribution in [1.29, 1.82) is 0 Å². The molecule has 2 rings (SSSR count). The first-order chi connectivity index (χ1) is 7.79. The van der Waals surface area contributed by atoms with Crippen LogP contribution in [0.3, 0.4) is 0 Å². The van der Waals surface area contributed by atoms with Crippen LogP contribution in [-0.2, 0) is 0 Å². The lowest BCUT2D eigenvalue weighted by Crippen LogP contribution is -1.92. The van der Waals surface area contributed by atoms with E-state index < -0.39 is 0 Å². The monoisotopic (exact) mass is 213 g/mol. The first-order valence-corrected chi connectivity index (χ1v) is 4.94. The average molecular weight is 213 g/mol. The van der Waals surface area contributed by atoms with Gasteiger partial charge < -0.3 is 4.74 Å². The second-order valence-corrected chi connectivity index (χ2v) is 3.41. The van der Waals surface area contributed by atoms with Gasteiger partial charge in [-0.1, -0.05) is 18.2 Å². The first kappa shape index (κ1) is 10.4. The molecule has 0 unspecified atom stereocenters. The molecular formula is C13H11NO2. The molecule has 0 aliphatic rings. The van der Waals surface area contributed by atoms with Crippen molar-refractivity contribution >= 4 is 6.29 Å². The van der Waals surface area contributed by atoms with Crippen molar-refractivity contribution in [3.8, 4) is 11.6 Å². The number of aldehydes is 1. The summed E-state index contributed by atoms with van der Waals surface area (Å²) in [5.74, 6) is 1.22. The van der Waals surface area contributed by atoms with Crippen LogP contribution in [0.4, 0.5) is 0 Å². The summed E-state index contributed by atoms with van der Waals surface area (Å²) in [4.78, 5) is 14.7. The highest BCUT2D eigenvalue weighted by atomic mass is 16.5. The second-order valence-electron chi connectivity index (χ2n) is 3.41. The molecule has 1 heterocycles. The molecule has 80 valence electrons. The minimum atomic E-state index is 0.495. The number of ether oxygens (including phenoxy) is 1. The Morgan fingerprint density at radius 3 is 2.62 bits per heavy atom. The van der Waals surface area contributed by atoms with Gasteiger partial charge in [0.05, 0.1) is 0 Å². The van der Waals surface area contributed by atoms with E-state index >= 15 is 0 Å². The Morgan fingerprint density at radius 1 is 1.25 bits per heavy atom. The van der Waals surface area contributed by atoms with Gasteiger partial charge in [-0.05, 0) is 24.6 Å². The number of aryl methyl sites for hydroxylation is 1. The smallest absolute Gasteiger partial charge is 0.219 e. The molecule has 0 aliphatic heterocycles. The van der Waals surface area contributed by atoms with Gasteiger partial charge in [-0.15, -0.1) is 0 Å². The third kappa shape index (κ3) is 2.25. The van der Waals surface area contributed by atoms with Crippen LogP contribution >= 0.6 is 0 Å². The third-order valence-electron chi connectivity index (χ3n) is 2.22. The zero-order valence-corrected chi connectivity index (χ0v) is 8.88. The Labute approximate surface area is 93.7 Å². The molecule has 0 saturated heterocycles. The van der Waals surface area contributed by atoms with Crippen molar-refractivity contribution in [2.24, 2.45) is 0 Å². The summed E-state index contributed by atoms with van der Waals surface area (Å²) in [5, 5.41) is 0. The van der Waals surface area contributed by atoms with Gasteiger partial charge in [0.15, 0.2) is 6.29 Å². The Kier molecular flexibility index (Phi) is 2.96. The number of para-hydroxylation sites is 1. The van der Waals surface area contributed by atoms with Crippen LogP contribution in [-0.4, -0.2) is 11.3 Å². The molecule has 0 N–H and O–H groups in total. The Balaban J connectivity index is 2.23. The second kappa shape index (κ2) is 4.57. The molecule has 0 radical (unpaired) electrons. The molecule has 3 nitrogen and oxygen atoms in total. The summed E-state index contributed by atoms with van der Waals surface area (Å²) >= 11 is 0. The molecular weight excluding hydrogens is 202 g/mol. The lowest BCUT2D eigenvalue weighted by Gasteiger charge is -2.05. The van der Waals surface area contributed by atoms with Gasteiger partial charge in [-0.3, -0.25) is 4.79 Å². The molecule has 3 heteroatoms. The van der Waals surface area contributed by atoms with Crippen LogP contribution in [0.15, 0.2) is 42.6 Å². The third-order valence-corrected chi connectivity index (χ3v) is 2.22. The van der Waals surface area contributed by atoms with Crippen molar-refractivity contribution in [2.45, 2.75) is 6.92 Å². The molecule has 1 aromatic carbocycles. The van der Waals surface area contributed by atoms with Gasteiger partial charge in [0, 0.05) is 17.8 Å². The topological polar surface area (TPSA) is 39.2 Å². The lowest BCUT2D eigenvalue weighted by molar-refractivity contribution is 0.112. The van der Waals surface area contributed by atoms with Crippen molar-refractivity contribution < 1.29 is 9.53 Å². The predicted molar refractivity (Wildman–Crippen MR) is 60.9 cm³/mol. The Hall–Kier alpha value is -2.16. The number of pyridine rings is 1. The van der Waals surface area contributed by atoms with Crippen LogP contribution in [0.2, 0.25) is 0 Å². The van der Waals surface area contributed by atoms with E-state index in [2.05, 4.69) is 4.98 Å². The van der Waals surface area contributed by atoms with Crippen molar-refractivity contribution in [3.63, 3.8) is 0 Å². The standard InChI is InChI=1S/C13H11NO2/c1-10-7-13(14-8-11(10)9-15)16-12-5-3-2-4-6-12/h2-9H,1H3. The van der Waals surface area contributed by atoms with Crippen LogP contribution in [0, 0.1) is 6.92 Å². The largest absolute Gasteiger partial charge is 0.439 e. The Morgan fingerprint density at radius 2 is 2.00 bits per heavy atom. The van der Waals surface area contributed by atoms with E-state index in [1.807, 2.05) is 37.3 Å². The minimum Gasteiger partial charge on any atom is -0.439 e. The number of benzene rings is 1. The fourth-order valence-corrected chi connectivity index (χ4v) is 1.33. The normalized spacial score (nSPS) is 9.81. The van der Waals surface area contributed by atoms with Crippen molar-refractivity contribution in [3.05, 3.63) is 53.7 Å². The van der Waals surface area contributed by atoms with E-state index in [1.165, 1.54) is 6.20 Å². The highest BCUT2D eigenvalue weighted by molar-refractivity contribution is 5.76. The van der Waals surface area contributed by atoms with E-state index in [0.717, 1.165) is 17.6 Å². The van der Waals surface area contributed by atoms with Gasteiger partial charge in [-0.25, -0.2) is 4.98 Å². The van der Waals surface area contributed by atoms with Gasteiger partial charge in [0.2, 0.25) is 5.88 Å². The number of hydrogen-bond acceptors (Lipinski definition) is 3. The molecule has 1 aromatic heterocycles. The highest BCUT2D eigenvalue weighted by Crippen LogP contribution is 2.20. The Bertz CT molecular complexity index is 495. The highest BCUT2D eigenvalue weighted by Gasteiger charge is 2.02. The van der Waals surface area contributed by atoms with Crippen molar-refractivity contribution in [1.82, 2.24) is 4.98 Å². The fourth-order valence-electron chi connectivity index (χ4n) is 1.33. The maximum absolute atomic E-state index is 10.6. The van der Waals surface area contributed by atoms with Crippen LogP contribution in [0.5, 0.6) is 11.6 Å². The summed E-state index contributed by atoms with van der Waals surface area (Å²) in [5.41, 5.74) is 1.44. The van der Waals surface area contributed by atoms with E-state index in [1.54, 1.807) is 6.07 Å². The number of hydrogen-bond donors (Lipinski definition) is 0. The molecule has 0 atom stereocenters. The number of rotatable bonds is 3. The quantitative estimate of drug-likeness (QED) is 0.736. The molecule has 0 saturated carbocycles. The summed E-state index contributed by atoms with van der Waals surface area (Å²) in [6.45, 7) is 1.85. The maximum atomic E-state index is 10.6. The maximum Gasteiger partial charge on any atom is 0.219 e. The van der Waals surface area contributed by atoms with Gasteiger partial charge in [0.25, 0.3) is 0 Å². The summed E-state index contributed by atoms with van der Waals surface area (Å²) in [6.07, 6.45) is 2.30. The number of aromatic nitrogens is 1.